The van der Waals surface area contributed by atoms with Crippen LogP contribution in [0.2, 0.25) is 5.02 Å². The smallest absolute Gasteiger partial charge is 0.243 e. The molecule has 0 spiro atoms. The van der Waals surface area contributed by atoms with Crippen molar-refractivity contribution in [1.29, 1.82) is 0 Å². The first kappa shape index (κ1) is 24.5. The lowest BCUT2D eigenvalue weighted by atomic mass is 10.1. The van der Waals surface area contributed by atoms with Crippen LogP contribution in [0.25, 0.3) is 0 Å². The summed E-state index contributed by atoms with van der Waals surface area (Å²) in [5, 5.41) is 5.99. The molecule has 2 N–H and O–H groups in total. The number of carbonyl (C=O) groups is 3. The van der Waals surface area contributed by atoms with E-state index in [2.05, 4.69) is 10.6 Å². The predicted octanol–water partition coefficient (Wildman–Crippen LogP) is 2.10. The summed E-state index contributed by atoms with van der Waals surface area (Å²) in [6, 6.07) is 12.8. The number of amides is 3. The molecule has 3 rings (SSSR count). The molecule has 3 amide bonds. The van der Waals surface area contributed by atoms with Gasteiger partial charge in [0.2, 0.25) is 17.7 Å². The summed E-state index contributed by atoms with van der Waals surface area (Å²) in [6.45, 7) is 4.23. The van der Waals surface area contributed by atoms with Crippen molar-refractivity contribution in [3.63, 3.8) is 0 Å². The van der Waals surface area contributed by atoms with Crippen LogP contribution in [0, 0.1) is 6.92 Å². The van der Waals surface area contributed by atoms with Crippen LogP contribution in [0.1, 0.15) is 11.1 Å². The zero-order valence-electron chi connectivity index (χ0n) is 18.9. The van der Waals surface area contributed by atoms with E-state index >= 15 is 0 Å². The number of methoxy groups -OCH3 is 1. The molecule has 9 heteroatoms. The normalized spacial score (nSPS) is 14.0. The second-order valence-electron chi connectivity index (χ2n) is 7.95. The minimum atomic E-state index is -0.331. The van der Waals surface area contributed by atoms with Gasteiger partial charge in [0, 0.05) is 31.2 Å². The van der Waals surface area contributed by atoms with E-state index < -0.39 is 0 Å². The number of hydrogen-bond acceptors (Lipinski definition) is 5. The summed E-state index contributed by atoms with van der Waals surface area (Å²) >= 11 is 6.15. The molecule has 1 aliphatic heterocycles. The molecule has 8 nitrogen and oxygen atoms in total. The molecule has 0 bridgehead atoms. The van der Waals surface area contributed by atoms with Crippen LogP contribution in [-0.2, 0) is 20.8 Å². The van der Waals surface area contributed by atoms with E-state index in [0.717, 1.165) is 11.1 Å². The van der Waals surface area contributed by atoms with Gasteiger partial charge < -0.3 is 20.3 Å². The van der Waals surface area contributed by atoms with Crippen LogP contribution < -0.4 is 15.4 Å². The van der Waals surface area contributed by atoms with E-state index in [4.69, 9.17) is 16.3 Å². The van der Waals surface area contributed by atoms with Crippen molar-refractivity contribution in [3.05, 3.63) is 58.6 Å². The highest BCUT2D eigenvalue weighted by Crippen LogP contribution is 2.25. The largest absolute Gasteiger partial charge is 0.495 e. The molecule has 2 aromatic rings. The molecule has 0 radical (unpaired) electrons. The Morgan fingerprint density at radius 2 is 1.76 bits per heavy atom. The SMILES string of the molecule is COc1ccc(C)cc1NC(=O)CNC(=O)CN1CCN(C(=O)Cc2ccccc2Cl)CC1. The minimum Gasteiger partial charge on any atom is -0.495 e. The first-order valence-electron chi connectivity index (χ1n) is 10.8. The monoisotopic (exact) mass is 472 g/mol. The number of nitrogens with one attached hydrogen (secondary N) is 2. The van der Waals surface area contributed by atoms with Crippen molar-refractivity contribution in [1.82, 2.24) is 15.1 Å². The van der Waals surface area contributed by atoms with Gasteiger partial charge in [-0.25, -0.2) is 0 Å². The van der Waals surface area contributed by atoms with Crippen LogP contribution in [0.3, 0.4) is 0 Å². The number of piperazine rings is 1. The topological polar surface area (TPSA) is 91.0 Å². The van der Waals surface area contributed by atoms with Crippen LogP contribution in [-0.4, -0.2) is 73.9 Å². The standard InChI is InChI=1S/C24H29ClN4O4/c1-17-7-8-21(33-2)20(13-17)27-22(30)15-26-23(31)16-28-9-11-29(12-10-28)24(32)14-18-5-3-4-6-19(18)25/h3-8,13H,9-12,14-16H2,1-2H3,(H,26,31)(H,27,30). The maximum absolute atomic E-state index is 12.6. The highest BCUT2D eigenvalue weighted by molar-refractivity contribution is 6.31. The van der Waals surface area contributed by atoms with Crippen molar-refractivity contribution >= 4 is 35.0 Å². The van der Waals surface area contributed by atoms with Crippen LogP contribution in [0.5, 0.6) is 5.75 Å². The molecule has 0 aromatic heterocycles. The Morgan fingerprint density at radius 1 is 1.03 bits per heavy atom. The third-order valence-electron chi connectivity index (χ3n) is 5.47. The number of aryl methyl sites for hydroxylation is 1. The Kier molecular flexibility index (Phi) is 8.68. The highest BCUT2D eigenvalue weighted by atomic mass is 35.5. The molecule has 1 fully saturated rings. The summed E-state index contributed by atoms with van der Waals surface area (Å²) in [5.41, 5.74) is 2.36. The van der Waals surface area contributed by atoms with Gasteiger partial charge in [-0.15, -0.1) is 0 Å². The lowest BCUT2D eigenvalue weighted by Crippen LogP contribution is -2.51. The number of ether oxygens (including phenoxy) is 1. The predicted molar refractivity (Wildman–Crippen MR) is 128 cm³/mol. The molecule has 33 heavy (non-hydrogen) atoms. The average Bonchev–Trinajstić information content (AvgIpc) is 2.80. The van der Waals surface area contributed by atoms with Crippen molar-refractivity contribution in [2.75, 3.05) is 51.7 Å². The average molecular weight is 473 g/mol. The molecular weight excluding hydrogens is 444 g/mol. The van der Waals surface area contributed by atoms with E-state index in [-0.39, 0.29) is 37.2 Å². The number of carbonyl (C=O) groups excluding carboxylic acids is 3. The molecule has 1 saturated heterocycles. The fourth-order valence-electron chi connectivity index (χ4n) is 3.62. The molecule has 1 aliphatic rings. The Bertz CT molecular complexity index is 1010. The molecule has 0 unspecified atom stereocenters. The van der Waals surface area contributed by atoms with Gasteiger partial charge in [-0.3, -0.25) is 19.3 Å². The lowest BCUT2D eigenvalue weighted by Gasteiger charge is -2.34. The second-order valence-corrected chi connectivity index (χ2v) is 8.36. The van der Waals surface area contributed by atoms with E-state index in [0.29, 0.717) is 42.6 Å². The van der Waals surface area contributed by atoms with Gasteiger partial charge in [0.15, 0.2) is 0 Å². The fraction of sp³-hybridized carbons (Fsp3) is 0.375. The number of nitrogens with zero attached hydrogens (tertiary/aromatic N) is 2. The molecule has 0 aliphatic carbocycles. The first-order valence-corrected chi connectivity index (χ1v) is 11.2. The maximum Gasteiger partial charge on any atom is 0.243 e. The molecule has 176 valence electrons. The minimum absolute atomic E-state index is 0.0236. The number of hydrogen-bond donors (Lipinski definition) is 2. The quantitative estimate of drug-likeness (QED) is 0.614. The van der Waals surface area contributed by atoms with Crippen LogP contribution in [0.15, 0.2) is 42.5 Å². The Hall–Kier alpha value is -3.10. The molecule has 1 heterocycles. The summed E-state index contributed by atoms with van der Waals surface area (Å²) in [4.78, 5) is 40.8. The van der Waals surface area contributed by atoms with Gasteiger partial charge >= 0.3 is 0 Å². The third-order valence-corrected chi connectivity index (χ3v) is 5.84. The van der Waals surface area contributed by atoms with E-state index in [9.17, 15) is 14.4 Å². The van der Waals surface area contributed by atoms with Crippen molar-refractivity contribution < 1.29 is 19.1 Å². The fourth-order valence-corrected chi connectivity index (χ4v) is 3.83. The van der Waals surface area contributed by atoms with Crippen molar-refractivity contribution in [3.8, 4) is 5.75 Å². The van der Waals surface area contributed by atoms with Gasteiger partial charge in [0.25, 0.3) is 0 Å². The van der Waals surface area contributed by atoms with Gasteiger partial charge in [0.1, 0.15) is 5.75 Å². The van der Waals surface area contributed by atoms with E-state index in [1.54, 1.807) is 17.0 Å². The van der Waals surface area contributed by atoms with Crippen molar-refractivity contribution in [2.45, 2.75) is 13.3 Å². The van der Waals surface area contributed by atoms with Gasteiger partial charge in [-0.1, -0.05) is 35.9 Å². The van der Waals surface area contributed by atoms with E-state index in [1.165, 1.54) is 7.11 Å². The Morgan fingerprint density at radius 3 is 2.45 bits per heavy atom. The summed E-state index contributed by atoms with van der Waals surface area (Å²) in [5.74, 6) is 0.0112. The van der Waals surface area contributed by atoms with Gasteiger partial charge in [0.05, 0.1) is 32.3 Å². The Balaban J connectivity index is 1.39. The number of rotatable bonds is 8. The summed E-state index contributed by atoms with van der Waals surface area (Å²) in [7, 11) is 1.53. The van der Waals surface area contributed by atoms with Crippen LogP contribution >= 0.6 is 11.6 Å². The van der Waals surface area contributed by atoms with Crippen LogP contribution in [0.4, 0.5) is 5.69 Å². The Labute approximate surface area is 198 Å². The number of anilines is 1. The molecule has 2 aromatic carbocycles. The molecular formula is C24H29ClN4O4. The second kappa shape index (κ2) is 11.7. The van der Waals surface area contributed by atoms with Crippen molar-refractivity contribution in [2.24, 2.45) is 0 Å². The zero-order valence-corrected chi connectivity index (χ0v) is 19.7. The number of halogens is 1. The summed E-state index contributed by atoms with van der Waals surface area (Å²) < 4.78 is 5.25. The van der Waals surface area contributed by atoms with Gasteiger partial charge in [-0.2, -0.15) is 0 Å². The third kappa shape index (κ3) is 7.20. The lowest BCUT2D eigenvalue weighted by molar-refractivity contribution is -0.132. The highest BCUT2D eigenvalue weighted by Gasteiger charge is 2.23. The zero-order chi connectivity index (χ0) is 23.8. The van der Waals surface area contributed by atoms with Gasteiger partial charge in [-0.05, 0) is 36.2 Å². The molecule has 0 saturated carbocycles. The summed E-state index contributed by atoms with van der Waals surface area (Å²) in [6.07, 6.45) is 0.265. The number of benzene rings is 2. The maximum atomic E-state index is 12.6. The first-order chi connectivity index (χ1) is 15.9. The van der Waals surface area contributed by atoms with E-state index in [1.807, 2.05) is 42.2 Å². The molecule has 0 atom stereocenters.